The fourth-order valence-corrected chi connectivity index (χ4v) is 3.53. The van der Waals surface area contributed by atoms with Crippen molar-refractivity contribution in [2.24, 2.45) is 5.92 Å². The zero-order chi connectivity index (χ0) is 18.6. The second-order valence-corrected chi connectivity index (χ2v) is 6.99. The molecule has 2 aliphatic rings. The van der Waals surface area contributed by atoms with Crippen molar-refractivity contribution in [1.29, 1.82) is 0 Å². The highest BCUT2D eigenvalue weighted by Gasteiger charge is 2.32. The van der Waals surface area contributed by atoms with Gasteiger partial charge in [0.05, 0.1) is 11.9 Å². The second-order valence-electron chi connectivity index (χ2n) is 6.99. The maximum atomic E-state index is 12.6. The van der Waals surface area contributed by atoms with E-state index in [0.717, 1.165) is 44.8 Å². The number of alkyl halides is 3. The van der Waals surface area contributed by atoms with Crippen molar-refractivity contribution in [3.05, 3.63) is 24.0 Å². The number of amides is 1. The lowest BCUT2D eigenvalue weighted by atomic mass is 9.92. The molecule has 0 saturated carbocycles. The van der Waals surface area contributed by atoms with Gasteiger partial charge in [-0.1, -0.05) is 0 Å². The number of hydrogen-bond acceptors (Lipinski definition) is 4. The second kappa shape index (κ2) is 8.24. The number of carbonyl (C=O) groups excluding carboxylic acids is 1. The topological polar surface area (TPSA) is 54.5 Å². The first-order valence-electron chi connectivity index (χ1n) is 9.07. The Kier molecular flexibility index (Phi) is 6.01. The van der Waals surface area contributed by atoms with Crippen LogP contribution in [0.25, 0.3) is 0 Å². The van der Waals surface area contributed by atoms with Gasteiger partial charge in [0.1, 0.15) is 5.69 Å². The summed E-state index contributed by atoms with van der Waals surface area (Å²) in [6, 6.07) is 2.70. The molecule has 3 rings (SSSR count). The molecule has 1 amide bonds. The number of halogens is 3. The highest BCUT2D eigenvalue weighted by Crippen LogP contribution is 2.30. The molecule has 0 unspecified atom stereocenters. The molecule has 2 fully saturated rings. The van der Waals surface area contributed by atoms with Crippen molar-refractivity contribution >= 4 is 11.6 Å². The van der Waals surface area contributed by atoms with Gasteiger partial charge in [-0.25, -0.2) is 4.98 Å². The quantitative estimate of drug-likeness (QED) is 0.884. The number of carbonyl (C=O) groups is 1. The molecule has 8 heteroatoms. The lowest BCUT2D eigenvalue weighted by Gasteiger charge is -2.33. The number of ether oxygens (including phenoxy) is 1. The molecule has 0 aliphatic carbocycles. The van der Waals surface area contributed by atoms with Gasteiger partial charge in [0.15, 0.2) is 0 Å². The summed E-state index contributed by atoms with van der Waals surface area (Å²) in [6.45, 7) is 2.85. The number of nitrogens with one attached hydrogen (secondary N) is 1. The summed E-state index contributed by atoms with van der Waals surface area (Å²) in [5.41, 5.74) is -0.177. The summed E-state index contributed by atoms with van der Waals surface area (Å²) in [5.74, 6) is 0.403. The van der Waals surface area contributed by atoms with Gasteiger partial charge in [-0.2, -0.15) is 13.2 Å². The van der Waals surface area contributed by atoms with Crippen LogP contribution in [-0.2, 0) is 15.7 Å². The molecule has 0 spiro atoms. The Morgan fingerprint density at radius 2 is 1.88 bits per heavy atom. The molecular formula is C18H24F3N3O2. The van der Waals surface area contributed by atoms with Gasteiger partial charge in [-0.05, 0) is 43.7 Å². The number of nitrogens with zero attached hydrogens (tertiary/aromatic N) is 2. The van der Waals surface area contributed by atoms with E-state index in [-0.39, 0.29) is 11.9 Å². The van der Waals surface area contributed by atoms with Crippen LogP contribution in [-0.4, -0.2) is 43.2 Å². The third-order valence-corrected chi connectivity index (χ3v) is 5.08. The summed E-state index contributed by atoms with van der Waals surface area (Å²) in [7, 11) is 0. The number of rotatable bonds is 4. The Balaban J connectivity index is 1.44. The van der Waals surface area contributed by atoms with Crippen LogP contribution in [0, 0.1) is 5.92 Å². The van der Waals surface area contributed by atoms with Gasteiger partial charge in [-0.15, -0.1) is 0 Å². The van der Waals surface area contributed by atoms with Gasteiger partial charge in [-0.3, -0.25) is 4.79 Å². The number of pyridine rings is 1. The molecule has 5 nitrogen and oxygen atoms in total. The lowest BCUT2D eigenvalue weighted by molar-refractivity contribution is -0.141. The maximum Gasteiger partial charge on any atom is 0.433 e. The van der Waals surface area contributed by atoms with Crippen molar-refractivity contribution in [3.8, 4) is 0 Å². The summed E-state index contributed by atoms with van der Waals surface area (Å²) in [4.78, 5) is 17.7. The van der Waals surface area contributed by atoms with E-state index in [0.29, 0.717) is 31.2 Å². The molecule has 0 bridgehead atoms. The fraction of sp³-hybridized carbons (Fsp3) is 0.667. The molecule has 0 radical (unpaired) electrons. The fourth-order valence-electron chi connectivity index (χ4n) is 3.53. The van der Waals surface area contributed by atoms with Crippen LogP contribution in [0.15, 0.2) is 18.3 Å². The average Bonchev–Trinajstić information content (AvgIpc) is 2.62. The van der Waals surface area contributed by atoms with E-state index in [4.69, 9.17) is 4.74 Å². The molecule has 2 saturated heterocycles. The lowest BCUT2D eigenvalue weighted by Crippen LogP contribution is -2.41. The SMILES string of the molecule is O=C(CC1CCN(c2ccc(C(F)(F)F)nc2)CC1)NC1CCOCC1. The maximum absolute atomic E-state index is 12.6. The minimum Gasteiger partial charge on any atom is -0.381 e. The Morgan fingerprint density at radius 1 is 1.19 bits per heavy atom. The molecule has 26 heavy (non-hydrogen) atoms. The van der Waals surface area contributed by atoms with Crippen LogP contribution in [0.5, 0.6) is 0 Å². The molecule has 144 valence electrons. The molecule has 2 aliphatic heterocycles. The van der Waals surface area contributed by atoms with Crippen LogP contribution in [0.2, 0.25) is 0 Å². The van der Waals surface area contributed by atoms with Gasteiger partial charge < -0.3 is 15.0 Å². The first kappa shape index (κ1) is 18.9. The molecular weight excluding hydrogens is 347 g/mol. The van der Waals surface area contributed by atoms with E-state index in [1.54, 1.807) is 0 Å². The van der Waals surface area contributed by atoms with Crippen molar-refractivity contribution in [1.82, 2.24) is 10.3 Å². The normalized spacial score (nSPS) is 20.2. The summed E-state index contributed by atoms with van der Waals surface area (Å²) >= 11 is 0. The molecule has 0 aromatic carbocycles. The smallest absolute Gasteiger partial charge is 0.381 e. The minimum absolute atomic E-state index is 0.0894. The van der Waals surface area contributed by atoms with Crippen LogP contribution < -0.4 is 10.2 Å². The number of hydrogen-bond donors (Lipinski definition) is 1. The third kappa shape index (κ3) is 5.09. The van der Waals surface area contributed by atoms with Crippen LogP contribution in [0.3, 0.4) is 0 Å². The van der Waals surface area contributed by atoms with Crippen LogP contribution in [0.1, 0.15) is 37.8 Å². The van der Waals surface area contributed by atoms with E-state index in [1.807, 2.05) is 4.90 Å². The number of piperidine rings is 1. The molecule has 1 aromatic rings. The van der Waals surface area contributed by atoms with E-state index in [1.165, 1.54) is 12.3 Å². The highest BCUT2D eigenvalue weighted by molar-refractivity contribution is 5.76. The molecule has 1 aromatic heterocycles. The van der Waals surface area contributed by atoms with Crippen molar-refractivity contribution in [3.63, 3.8) is 0 Å². The first-order chi connectivity index (χ1) is 12.4. The van der Waals surface area contributed by atoms with E-state index >= 15 is 0 Å². The van der Waals surface area contributed by atoms with Gasteiger partial charge in [0.2, 0.25) is 5.91 Å². The van der Waals surface area contributed by atoms with Crippen molar-refractivity contribution in [2.75, 3.05) is 31.2 Å². The summed E-state index contributed by atoms with van der Waals surface area (Å²) < 4.78 is 43.0. The van der Waals surface area contributed by atoms with E-state index in [9.17, 15) is 18.0 Å². The van der Waals surface area contributed by atoms with Crippen molar-refractivity contribution < 1.29 is 22.7 Å². The predicted molar refractivity (Wildman–Crippen MR) is 90.8 cm³/mol. The number of anilines is 1. The van der Waals surface area contributed by atoms with Gasteiger partial charge >= 0.3 is 6.18 Å². The molecule has 1 N–H and O–H groups in total. The third-order valence-electron chi connectivity index (χ3n) is 5.08. The Labute approximate surface area is 150 Å². The van der Waals surface area contributed by atoms with Crippen molar-refractivity contribution in [2.45, 2.75) is 44.3 Å². The summed E-state index contributed by atoms with van der Waals surface area (Å²) in [6.07, 6.45) is 0.807. The Morgan fingerprint density at radius 3 is 2.46 bits per heavy atom. The molecule has 3 heterocycles. The Bertz CT molecular complexity index is 593. The monoisotopic (exact) mass is 371 g/mol. The standard InChI is InChI=1S/C18H24F3N3O2/c19-18(20,21)16-2-1-15(12-22-16)24-7-3-13(4-8-24)11-17(25)23-14-5-9-26-10-6-14/h1-2,12-14H,3-11H2,(H,23,25). The zero-order valence-electron chi connectivity index (χ0n) is 14.6. The van der Waals surface area contributed by atoms with E-state index < -0.39 is 11.9 Å². The Hall–Kier alpha value is -1.83. The van der Waals surface area contributed by atoms with Crippen LogP contribution >= 0.6 is 0 Å². The van der Waals surface area contributed by atoms with Crippen LogP contribution in [0.4, 0.5) is 18.9 Å². The summed E-state index contributed by atoms with van der Waals surface area (Å²) in [5, 5.41) is 3.08. The van der Waals surface area contributed by atoms with Gasteiger partial charge in [0.25, 0.3) is 0 Å². The van der Waals surface area contributed by atoms with Gasteiger partial charge in [0, 0.05) is 38.8 Å². The highest BCUT2D eigenvalue weighted by atomic mass is 19.4. The van der Waals surface area contributed by atoms with E-state index in [2.05, 4.69) is 10.3 Å². The predicted octanol–water partition coefficient (Wildman–Crippen LogP) is 3.00. The minimum atomic E-state index is -4.41. The molecule has 0 atom stereocenters. The first-order valence-corrected chi connectivity index (χ1v) is 9.07. The average molecular weight is 371 g/mol. The largest absolute Gasteiger partial charge is 0.433 e. The number of aromatic nitrogens is 1. The zero-order valence-corrected chi connectivity index (χ0v) is 14.6.